The van der Waals surface area contributed by atoms with Gasteiger partial charge in [0.2, 0.25) is 0 Å². The molecule has 0 aliphatic rings. The Kier molecular flexibility index (Phi) is 4.78. The Bertz CT molecular complexity index is 525. The summed E-state index contributed by atoms with van der Waals surface area (Å²) in [5.74, 6) is -0.771. The fraction of sp³-hybridized carbons (Fsp3) is 0.500. The molecule has 0 radical (unpaired) electrons. The van der Waals surface area contributed by atoms with Crippen LogP contribution in [0.5, 0.6) is 0 Å². The molecule has 0 saturated carbocycles. The minimum Gasteiger partial charge on any atom is -0.477 e. The number of carboxylic acid groups (broad SMARTS) is 1. The zero-order valence-corrected chi connectivity index (χ0v) is 12.2. The molecule has 2 aromatic heterocycles. The summed E-state index contributed by atoms with van der Waals surface area (Å²) in [7, 11) is 0. The van der Waals surface area contributed by atoms with E-state index in [-0.39, 0.29) is 0 Å². The van der Waals surface area contributed by atoms with Crippen molar-refractivity contribution in [1.29, 1.82) is 0 Å². The van der Waals surface area contributed by atoms with Gasteiger partial charge < -0.3 is 5.11 Å². The second-order valence-corrected chi connectivity index (χ2v) is 6.46. The molecule has 0 spiro atoms. The Labute approximate surface area is 115 Å². The molecule has 0 unspecified atom stereocenters. The van der Waals surface area contributed by atoms with Crippen LogP contribution in [0.15, 0.2) is 11.4 Å². The Morgan fingerprint density at radius 3 is 2.78 bits per heavy atom. The Hall–Kier alpha value is -0.870. The van der Waals surface area contributed by atoms with E-state index >= 15 is 0 Å². The second kappa shape index (κ2) is 6.34. The molecule has 2 aromatic rings. The number of hydrogen-bond donors (Lipinski definition) is 1. The molecule has 2 rings (SSSR count). The zero-order valence-electron chi connectivity index (χ0n) is 10.6. The average molecular weight is 282 g/mol. The number of aryl methyl sites for hydroxylation is 1. The van der Waals surface area contributed by atoms with Gasteiger partial charge in [0.1, 0.15) is 4.88 Å². The lowest BCUT2D eigenvalue weighted by molar-refractivity contribution is 0.0701. The molecule has 2 heterocycles. The van der Waals surface area contributed by atoms with Gasteiger partial charge in [0.15, 0.2) is 0 Å². The molecule has 4 heteroatoms. The highest BCUT2D eigenvalue weighted by Crippen LogP contribution is 2.36. The molecule has 0 aliphatic heterocycles. The van der Waals surface area contributed by atoms with Crippen LogP contribution in [0.4, 0.5) is 0 Å². The molecular weight excluding hydrogens is 264 g/mol. The van der Waals surface area contributed by atoms with Crippen molar-refractivity contribution in [1.82, 2.24) is 0 Å². The highest BCUT2D eigenvalue weighted by Gasteiger charge is 2.17. The van der Waals surface area contributed by atoms with E-state index in [0.29, 0.717) is 4.88 Å². The molecule has 0 bridgehead atoms. The highest BCUT2D eigenvalue weighted by atomic mass is 32.1. The average Bonchev–Trinajstić information content (AvgIpc) is 2.90. The monoisotopic (exact) mass is 282 g/mol. The van der Waals surface area contributed by atoms with Gasteiger partial charge in [-0.1, -0.05) is 32.6 Å². The third kappa shape index (κ3) is 2.93. The molecule has 2 nitrogen and oxygen atoms in total. The number of rotatable bonds is 7. The minimum atomic E-state index is -0.771. The number of unbranched alkanes of at least 4 members (excludes halogenated alkanes) is 4. The van der Waals surface area contributed by atoms with Crippen LogP contribution in [0, 0.1) is 0 Å². The molecule has 1 N–H and O–H groups in total. The first kappa shape index (κ1) is 13.6. The van der Waals surface area contributed by atoms with Gasteiger partial charge in [-0.3, -0.25) is 0 Å². The van der Waals surface area contributed by atoms with Gasteiger partial charge >= 0.3 is 5.97 Å². The van der Waals surface area contributed by atoms with Crippen molar-refractivity contribution < 1.29 is 9.90 Å². The first-order valence-electron chi connectivity index (χ1n) is 6.46. The van der Waals surface area contributed by atoms with Crippen molar-refractivity contribution in [3.63, 3.8) is 0 Å². The number of aromatic carboxylic acids is 1. The fourth-order valence-electron chi connectivity index (χ4n) is 2.18. The predicted octanol–water partition coefficient (Wildman–Crippen LogP) is 5.17. The topological polar surface area (TPSA) is 37.3 Å². The van der Waals surface area contributed by atoms with Crippen LogP contribution in [-0.2, 0) is 6.42 Å². The predicted molar refractivity (Wildman–Crippen MR) is 79.1 cm³/mol. The third-order valence-corrected chi connectivity index (χ3v) is 5.40. The maximum Gasteiger partial charge on any atom is 0.346 e. The van der Waals surface area contributed by atoms with Crippen LogP contribution < -0.4 is 0 Å². The van der Waals surface area contributed by atoms with Gasteiger partial charge in [-0.15, -0.1) is 22.7 Å². The Balaban J connectivity index is 2.07. The van der Waals surface area contributed by atoms with Crippen LogP contribution in [-0.4, -0.2) is 11.1 Å². The summed E-state index contributed by atoms with van der Waals surface area (Å²) in [6, 6.07) is 2.03. The van der Waals surface area contributed by atoms with Gasteiger partial charge in [-0.05, 0) is 29.9 Å². The zero-order chi connectivity index (χ0) is 13.0. The van der Waals surface area contributed by atoms with Gasteiger partial charge in [-0.25, -0.2) is 4.79 Å². The number of hydrogen-bond acceptors (Lipinski definition) is 3. The molecule has 0 aromatic carbocycles. The summed E-state index contributed by atoms with van der Waals surface area (Å²) in [6.45, 7) is 2.20. The Morgan fingerprint density at radius 2 is 2.06 bits per heavy atom. The lowest BCUT2D eigenvalue weighted by atomic mass is 10.1. The molecule has 0 amide bonds. The first-order chi connectivity index (χ1) is 8.74. The lowest BCUT2D eigenvalue weighted by Gasteiger charge is -2.01. The van der Waals surface area contributed by atoms with Crippen molar-refractivity contribution in [2.24, 2.45) is 0 Å². The quantitative estimate of drug-likeness (QED) is 0.711. The van der Waals surface area contributed by atoms with E-state index in [1.54, 1.807) is 11.3 Å². The molecule has 0 atom stereocenters. The third-order valence-electron chi connectivity index (χ3n) is 3.11. The summed E-state index contributed by atoms with van der Waals surface area (Å²) < 4.78 is 2.31. The van der Waals surface area contributed by atoms with E-state index in [4.69, 9.17) is 0 Å². The van der Waals surface area contributed by atoms with Crippen LogP contribution in [0.2, 0.25) is 0 Å². The summed E-state index contributed by atoms with van der Waals surface area (Å²) >= 11 is 3.09. The normalized spacial score (nSPS) is 11.2. The lowest BCUT2D eigenvalue weighted by Crippen LogP contribution is -1.97. The van der Waals surface area contributed by atoms with E-state index in [0.717, 1.165) is 23.1 Å². The van der Waals surface area contributed by atoms with Crippen LogP contribution in [0.1, 0.15) is 54.3 Å². The summed E-state index contributed by atoms with van der Waals surface area (Å²) in [6.07, 6.45) is 7.00. The first-order valence-corrected chi connectivity index (χ1v) is 8.15. The summed E-state index contributed by atoms with van der Waals surface area (Å²) in [5.41, 5.74) is 1.06. The number of thiophene rings is 2. The van der Waals surface area contributed by atoms with E-state index in [9.17, 15) is 9.90 Å². The number of carbonyl (C=O) groups is 1. The van der Waals surface area contributed by atoms with E-state index in [1.165, 1.54) is 41.7 Å². The van der Waals surface area contributed by atoms with Crippen LogP contribution in [0.25, 0.3) is 9.40 Å². The van der Waals surface area contributed by atoms with Crippen molar-refractivity contribution in [3.05, 3.63) is 21.9 Å². The molecule has 18 heavy (non-hydrogen) atoms. The maximum atomic E-state index is 11.2. The largest absolute Gasteiger partial charge is 0.477 e. The van der Waals surface area contributed by atoms with E-state index in [1.807, 2.05) is 11.4 Å². The van der Waals surface area contributed by atoms with Crippen molar-refractivity contribution >= 4 is 38.0 Å². The van der Waals surface area contributed by atoms with E-state index < -0.39 is 5.97 Å². The second-order valence-electron chi connectivity index (χ2n) is 4.49. The van der Waals surface area contributed by atoms with Gasteiger partial charge in [0.05, 0.1) is 0 Å². The fourth-order valence-corrected chi connectivity index (χ4v) is 4.46. The van der Waals surface area contributed by atoms with Gasteiger partial charge in [0.25, 0.3) is 0 Å². The molecule has 0 saturated heterocycles. The number of fused-ring (bicyclic) bond motifs is 1. The molecule has 0 fully saturated rings. The smallest absolute Gasteiger partial charge is 0.346 e. The standard InChI is InChI=1S/C14H18O2S2/c1-2-3-4-5-6-7-10-12-11(8-9-17-12)18-13(10)14(15)16/h8-9H,2-7H2,1H3,(H,15,16). The van der Waals surface area contributed by atoms with Gasteiger partial charge in [-0.2, -0.15) is 0 Å². The summed E-state index contributed by atoms with van der Waals surface area (Å²) in [5, 5.41) is 11.3. The van der Waals surface area contributed by atoms with Crippen molar-refractivity contribution in [2.75, 3.05) is 0 Å². The summed E-state index contributed by atoms with van der Waals surface area (Å²) in [4.78, 5) is 11.8. The van der Waals surface area contributed by atoms with Crippen LogP contribution in [0.3, 0.4) is 0 Å². The maximum absolute atomic E-state index is 11.2. The Morgan fingerprint density at radius 1 is 1.28 bits per heavy atom. The van der Waals surface area contributed by atoms with Crippen molar-refractivity contribution in [3.8, 4) is 0 Å². The van der Waals surface area contributed by atoms with Crippen LogP contribution >= 0.6 is 22.7 Å². The number of carboxylic acids is 1. The molecular formula is C14H18O2S2. The molecule has 98 valence electrons. The van der Waals surface area contributed by atoms with Gasteiger partial charge in [0, 0.05) is 9.40 Å². The van der Waals surface area contributed by atoms with Crippen molar-refractivity contribution in [2.45, 2.75) is 45.4 Å². The minimum absolute atomic E-state index is 0.548. The molecule has 0 aliphatic carbocycles. The SMILES string of the molecule is CCCCCCCc1c(C(=O)O)sc2ccsc12. The highest BCUT2D eigenvalue weighted by molar-refractivity contribution is 7.28. The van der Waals surface area contributed by atoms with E-state index in [2.05, 4.69) is 6.92 Å².